The monoisotopic (exact) mass is 296 g/mol. The first-order valence-corrected chi connectivity index (χ1v) is 6.98. The number of rotatable bonds is 4. The van der Waals surface area contributed by atoms with Crippen molar-refractivity contribution >= 4 is 5.78 Å². The molecule has 0 saturated carbocycles. The molecule has 1 rings (SSSR count). The second-order valence-electron chi connectivity index (χ2n) is 6.90. The van der Waals surface area contributed by atoms with E-state index in [1.165, 1.54) is 14.1 Å². The molecule has 118 valence electrons. The molecule has 0 bridgehead atoms. The van der Waals surface area contributed by atoms with Crippen LogP contribution in [0.25, 0.3) is 0 Å². The van der Waals surface area contributed by atoms with Gasteiger partial charge in [0.1, 0.15) is 5.56 Å². The molecule has 1 aromatic rings. The van der Waals surface area contributed by atoms with Crippen LogP contribution in [0.15, 0.2) is 9.59 Å². The van der Waals surface area contributed by atoms with Gasteiger partial charge in [0.15, 0.2) is 5.78 Å². The van der Waals surface area contributed by atoms with E-state index in [0.29, 0.717) is 0 Å². The highest BCUT2D eigenvalue weighted by molar-refractivity contribution is 5.97. The van der Waals surface area contributed by atoms with Gasteiger partial charge in [-0.1, -0.05) is 27.7 Å². The molecule has 1 N–H and O–H groups in total. The van der Waals surface area contributed by atoms with Gasteiger partial charge >= 0.3 is 5.69 Å². The normalized spacial score (nSPS) is 13.2. The number of ketones is 1. The third-order valence-corrected chi connectivity index (χ3v) is 3.41. The summed E-state index contributed by atoms with van der Waals surface area (Å²) in [7, 11) is 2.62. The second-order valence-corrected chi connectivity index (χ2v) is 6.90. The molecular formula is C15H24N2O4. The summed E-state index contributed by atoms with van der Waals surface area (Å²) < 4.78 is 1.74. The smallest absolute Gasteiger partial charge is 0.333 e. The Balaban J connectivity index is 3.16. The van der Waals surface area contributed by atoms with E-state index < -0.39 is 22.9 Å². The maximum Gasteiger partial charge on any atom is 0.333 e. The van der Waals surface area contributed by atoms with Crippen LogP contribution < -0.4 is 11.2 Å². The van der Waals surface area contributed by atoms with Gasteiger partial charge in [0.25, 0.3) is 5.56 Å². The van der Waals surface area contributed by atoms with Gasteiger partial charge in [-0.05, 0) is 17.8 Å². The molecule has 6 nitrogen and oxygen atoms in total. The fourth-order valence-electron chi connectivity index (χ4n) is 2.61. The topological polar surface area (TPSA) is 81.3 Å². The third kappa shape index (κ3) is 3.83. The standard InChI is InChI=1S/C15H24N2O4/c1-9(8-15(2,3)4)7-10(18)11-12(19)16(5)14(21)17(6)13(11)20/h9,19H,7-8H2,1-6H3/t9-/m0/s1. The van der Waals surface area contributed by atoms with Crippen molar-refractivity contribution in [2.45, 2.75) is 40.5 Å². The number of aromatic nitrogens is 2. The SMILES string of the molecule is C[C@@H](CC(=O)c1c(O)n(C)c(=O)n(C)c1=O)CC(C)(C)C. The van der Waals surface area contributed by atoms with Crippen molar-refractivity contribution in [2.75, 3.05) is 0 Å². The summed E-state index contributed by atoms with van der Waals surface area (Å²) >= 11 is 0. The number of carbonyl (C=O) groups is 1. The Morgan fingerprint density at radius 2 is 1.71 bits per heavy atom. The van der Waals surface area contributed by atoms with Crippen LogP contribution in [0.3, 0.4) is 0 Å². The van der Waals surface area contributed by atoms with E-state index in [1.807, 2.05) is 6.92 Å². The first-order chi connectivity index (χ1) is 9.45. The van der Waals surface area contributed by atoms with Crippen LogP contribution in [0, 0.1) is 11.3 Å². The minimum atomic E-state index is -0.747. The number of carbonyl (C=O) groups excluding carboxylic acids is 1. The highest BCUT2D eigenvalue weighted by Gasteiger charge is 2.24. The van der Waals surface area contributed by atoms with Gasteiger partial charge in [-0.2, -0.15) is 0 Å². The van der Waals surface area contributed by atoms with E-state index in [-0.39, 0.29) is 23.3 Å². The zero-order chi connectivity index (χ0) is 16.5. The molecule has 0 spiro atoms. The predicted octanol–water partition coefficient (Wildman–Crippen LogP) is 1.43. The number of hydrogen-bond donors (Lipinski definition) is 1. The van der Waals surface area contributed by atoms with Crippen LogP contribution in [-0.4, -0.2) is 20.0 Å². The maximum absolute atomic E-state index is 12.3. The van der Waals surface area contributed by atoms with Crippen LogP contribution >= 0.6 is 0 Å². The van der Waals surface area contributed by atoms with E-state index in [9.17, 15) is 19.5 Å². The Morgan fingerprint density at radius 1 is 1.19 bits per heavy atom. The quantitative estimate of drug-likeness (QED) is 0.852. The lowest BCUT2D eigenvalue weighted by molar-refractivity contribution is 0.0947. The maximum atomic E-state index is 12.3. The van der Waals surface area contributed by atoms with Gasteiger partial charge in [0.2, 0.25) is 5.88 Å². The molecule has 0 aliphatic rings. The lowest BCUT2D eigenvalue weighted by atomic mass is 9.83. The Bertz CT molecular complexity index is 662. The van der Waals surface area contributed by atoms with Crippen molar-refractivity contribution in [3.8, 4) is 5.88 Å². The summed E-state index contributed by atoms with van der Waals surface area (Å²) in [5, 5.41) is 9.93. The molecule has 1 aromatic heterocycles. The van der Waals surface area contributed by atoms with E-state index in [4.69, 9.17) is 0 Å². The summed E-state index contributed by atoms with van der Waals surface area (Å²) in [6, 6.07) is 0. The largest absolute Gasteiger partial charge is 0.494 e. The third-order valence-electron chi connectivity index (χ3n) is 3.41. The fourth-order valence-corrected chi connectivity index (χ4v) is 2.61. The second kappa shape index (κ2) is 5.87. The van der Waals surface area contributed by atoms with Crippen molar-refractivity contribution in [2.24, 2.45) is 25.4 Å². The molecule has 0 aliphatic carbocycles. The molecule has 1 atom stereocenters. The summed E-state index contributed by atoms with van der Waals surface area (Å²) in [6.45, 7) is 8.18. The minimum absolute atomic E-state index is 0.0796. The van der Waals surface area contributed by atoms with Crippen LogP contribution in [0.4, 0.5) is 0 Å². The number of Topliss-reactive ketones (excluding diaryl/α,β-unsaturated/α-hetero) is 1. The molecular weight excluding hydrogens is 272 g/mol. The summed E-state index contributed by atoms with van der Waals surface area (Å²) in [5.41, 5.74) is -1.63. The predicted molar refractivity (Wildman–Crippen MR) is 80.8 cm³/mol. The van der Waals surface area contributed by atoms with Gasteiger partial charge in [0.05, 0.1) is 0 Å². The molecule has 1 heterocycles. The molecule has 0 fully saturated rings. The van der Waals surface area contributed by atoms with Crippen LogP contribution in [0.1, 0.15) is 50.9 Å². The summed E-state index contributed by atoms with van der Waals surface area (Å²) in [4.78, 5) is 36.0. The van der Waals surface area contributed by atoms with Crippen molar-refractivity contribution in [3.63, 3.8) is 0 Å². The molecule has 0 aromatic carbocycles. The fraction of sp³-hybridized carbons (Fsp3) is 0.667. The first kappa shape index (κ1) is 17.2. The summed E-state index contributed by atoms with van der Waals surface area (Å²) in [5.74, 6) is -0.907. The molecule has 21 heavy (non-hydrogen) atoms. The van der Waals surface area contributed by atoms with Gasteiger partial charge in [-0.3, -0.25) is 18.7 Å². The van der Waals surface area contributed by atoms with Crippen molar-refractivity contribution in [3.05, 3.63) is 26.4 Å². The van der Waals surface area contributed by atoms with Crippen molar-refractivity contribution in [1.29, 1.82) is 0 Å². The summed E-state index contributed by atoms with van der Waals surface area (Å²) in [6.07, 6.45) is 0.990. The van der Waals surface area contributed by atoms with Gasteiger partial charge < -0.3 is 5.11 Å². The van der Waals surface area contributed by atoms with Gasteiger partial charge in [-0.15, -0.1) is 0 Å². The molecule has 6 heteroatoms. The van der Waals surface area contributed by atoms with Crippen LogP contribution in [-0.2, 0) is 14.1 Å². The average molecular weight is 296 g/mol. The molecule has 0 aliphatic heterocycles. The van der Waals surface area contributed by atoms with E-state index in [1.54, 1.807) is 0 Å². The number of aromatic hydroxyl groups is 1. The Hall–Kier alpha value is -1.85. The molecule has 0 saturated heterocycles. The first-order valence-electron chi connectivity index (χ1n) is 6.98. The number of nitrogens with zero attached hydrogens (tertiary/aromatic N) is 2. The Labute approximate surface area is 124 Å². The van der Waals surface area contributed by atoms with Crippen LogP contribution in [0.5, 0.6) is 5.88 Å². The highest BCUT2D eigenvalue weighted by atomic mass is 16.3. The molecule has 0 amide bonds. The number of hydrogen-bond acceptors (Lipinski definition) is 4. The molecule has 0 unspecified atom stereocenters. The lowest BCUT2D eigenvalue weighted by Crippen LogP contribution is -2.40. The van der Waals surface area contributed by atoms with E-state index in [0.717, 1.165) is 15.6 Å². The zero-order valence-electron chi connectivity index (χ0n) is 13.6. The average Bonchev–Trinajstić information content (AvgIpc) is 2.31. The minimum Gasteiger partial charge on any atom is -0.494 e. The molecule has 0 radical (unpaired) electrons. The van der Waals surface area contributed by atoms with Crippen LogP contribution in [0.2, 0.25) is 0 Å². The Morgan fingerprint density at radius 3 is 2.19 bits per heavy atom. The van der Waals surface area contributed by atoms with Gasteiger partial charge in [-0.25, -0.2) is 4.79 Å². The van der Waals surface area contributed by atoms with E-state index >= 15 is 0 Å². The van der Waals surface area contributed by atoms with E-state index in [2.05, 4.69) is 20.8 Å². The lowest BCUT2D eigenvalue weighted by Gasteiger charge is -2.22. The zero-order valence-corrected chi connectivity index (χ0v) is 13.6. The van der Waals surface area contributed by atoms with Gasteiger partial charge in [0, 0.05) is 20.5 Å². The van der Waals surface area contributed by atoms with Crippen molar-refractivity contribution < 1.29 is 9.90 Å². The highest BCUT2D eigenvalue weighted by Crippen LogP contribution is 2.27. The Kier molecular flexibility index (Phi) is 4.81. The van der Waals surface area contributed by atoms with Crippen molar-refractivity contribution in [1.82, 2.24) is 9.13 Å².